The highest BCUT2D eigenvalue weighted by molar-refractivity contribution is 6.05. The fraction of sp³-hybridized carbons (Fsp3) is 0.200. The number of hydrogen-bond acceptors (Lipinski definition) is 4. The van der Waals surface area contributed by atoms with Crippen molar-refractivity contribution in [2.24, 2.45) is 5.92 Å². The highest BCUT2D eigenvalue weighted by Gasteiger charge is 2.29. The number of hydrogen-bond donors (Lipinski definition) is 3. The first kappa shape index (κ1) is 14.0. The van der Waals surface area contributed by atoms with E-state index in [9.17, 15) is 14.4 Å². The summed E-state index contributed by atoms with van der Waals surface area (Å²) in [4.78, 5) is 41.9. The second-order valence-corrected chi connectivity index (χ2v) is 5.06. The second-order valence-electron chi connectivity index (χ2n) is 5.06. The molecule has 0 saturated heterocycles. The molecule has 0 aromatic carbocycles. The van der Waals surface area contributed by atoms with E-state index in [2.05, 4.69) is 20.6 Å². The number of aromatic nitrogens is 2. The van der Waals surface area contributed by atoms with Crippen LogP contribution in [0, 0.1) is 5.92 Å². The normalized spacial score (nSPS) is 13.5. The highest BCUT2D eigenvalue weighted by atomic mass is 16.2. The van der Waals surface area contributed by atoms with Crippen molar-refractivity contribution in [2.45, 2.75) is 12.8 Å². The number of pyridine rings is 2. The van der Waals surface area contributed by atoms with Gasteiger partial charge in [-0.25, -0.2) is 4.98 Å². The summed E-state index contributed by atoms with van der Waals surface area (Å²) >= 11 is 0. The zero-order chi connectivity index (χ0) is 15.5. The number of carbonyl (C=O) groups is 2. The molecule has 0 spiro atoms. The van der Waals surface area contributed by atoms with E-state index in [1.54, 1.807) is 6.07 Å². The summed E-state index contributed by atoms with van der Waals surface area (Å²) in [5.74, 6) is -0.140. The lowest BCUT2D eigenvalue weighted by atomic mass is 10.2. The van der Waals surface area contributed by atoms with Gasteiger partial charge in [-0.2, -0.15) is 0 Å². The van der Waals surface area contributed by atoms with Crippen LogP contribution >= 0.6 is 0 Å². The Hall–Kier alpha value is -2.96. The average Bonchev–Trinajstić information content (AvgIpc) is 3.34. The molecule has 2 amide bonds. The van der Waals surface area contributed by atoms with Gasteiger partial charge in [0.1, 0.15) is 11.5 Å². The van der Waals surface area contributed by atoms with Crippen LogP contribution in [0.4, 0.5) is 11.5 Å². The highest BCUT2D eigenvalue weighted by Crippen LogP contribution is 2.29. The number of nitrogens with zero attached hydrogens (tertiary/aromatic N) is 1. The lowest BCUT2D eigenvalue weighted by Gasteiger charge is -2.07. The molecule has 0 atom stereocenters. The third kappa shape index (κ3) is 3.20. The van der Waals surface area contributed by atoms with Crippen molar-refractivity contribution in [3.05, 3.63) is 52.6 Å². The van der Waals surface area contributed by atoms with Crippen molar-refractivity contribution < 1.29 is 9.59 Å². The number of nitrogens with one attached hydrogen (secondary N) is 3. The third-order valence-electron chi connectivity index (χ3n) is 3.29. The van der Waals surface area contributed by atoms with E-state index >= 15 is 0 Å². The van der Waals surface area contributed by atoms with Gasteiger partial charge in [0, 0.05) is 23.9 Å². The zero-order valence-electron chi connectivity index (χ0n) is 11.6. The molecule has 0 bridgehead atoms. The SMILES string of the molecule is O=C(Nc1ccc[nH]c1=O)c1ccnc(NC(=O)C2CC2)c1. The maximum Gasteiger partial charge on any atom is 0.271 e. The number of rotatable bonds is 4. The van der Waals surface area contributed by atoms with Gasteiger partial charge in [-0.05, 0) is 37.1 Å². The Morgan fingerprint density at radius 1 is 1.23 bits per heavy atom. The number of amides is 2. The molecule has 0 aliphatic heterocycles. The minimum atomic E-state index is -0.443. The monoisotopic (exact) mass is 298 g/mol. The van der Waals surface area contributed by atoms with Gasteiger partial charge in [0.15, 0.2) is 0 Å². The topological polar surface area (TPSA) is 104 Å². The molecule has 2 aromatic rings. The Kier molecular flexibility index (Phi) is 3.69. The predicted octanol–water partition coefficient (Wildman–Crippen LogP) is 1.37. The van der Waals surface area contributed by atoms with Gasteiger partial charge >= 0.3 is 0 Å². The Morgan fingerprint density at radius 3 is 2.77 bits per heavy atom. The van der Waals surface area contributed by atoms with E-state index in [0.29, 0.717) is 11.4 Å². The summed E-state index contributed by atoms with van der Waals surface area (Å²) in [6.45, 7) is 0. The maximum absolute atomic E-state index is 12.1. The minimum absolute atomic E-state index is 0.0576. The van der Waals surface area contributed by atoms with Crippen molar-refractivity contribution in [2.75, 3.05) is 10.6 Å². The summed E-state index contributed by atoms with van der Waals surface area (Å²) in [5, 5.41) is 5.20. The number of aromatic amines is 1. The molecule has 7 heteroatoms. The van der Waals surface area contributed by atoms with Crippen molar-refractivity contribution >= 4 is 23.3 Å². The lowest BCUT2D eigenvalue weighted by Crippen LogP contribution is -2.20. The second kappa shape index (κ2) is 5.80. The number of anilines is 2. The fourth-order valence-electron chi connectivity index (χ4n) is 1.93. The molecular formula is C15H14N4O3. The van der Waals surface area contributed by atoms with Gasteiger partial charge in [0.05, 0.1) is 0 Å². The van der Waals surface area contributed by atoms with Gasteiger partial charge in [-0.15, -0.1) is 0 Å². The van der Waals surface area contributed by atoms with Crippen LogP contribution in [0.5, 0.6) is 0 Å². The van der Waals surface area contributed by atoms with Crippen LogP contribution in [0.15, 0.2) is 41.5 Å². The van der Waals surface area contributed by atoms with Crippen LogP contribution in [-0.4, -0.2) is 21.8 Å². The van der Waals surface area contributed by atoms with Crippen molar-refractivity contribution in [1.82, 2.24) is 9.97 Å². The first-order valence-corrected chi connectivity index (χ1v) is 6.89. The van der Waals surface area contributed by atoms with E-state index in [-0.39, 0.29) is 23.1 Å². The molecule has 2 aromatic heterocycles. The molecule has 22 heavy (non-hydrogen) atoms. The molecule has 0 unspecified atom stereocenters. The maximum atomic E-state index is 12.1. The molecule has 112 valence electrons. The van der Waals surface area contributed by atoms with Crippen LogP contribution in [-0.2, 0) is 4.79 Å². The molecule has 2 heterocycles. The van der Waals surface area contributed by atoms with Crippen LogP contribution in [0.1, 0.15) is 23.2 Å². The Bertz CT molecular complexity index is 780. The molecule has 1 saturated carbocycles. The molecule has 1 aliphatic carbocycles. The predicted molar refractivity (Wildman–Crippen MR) is 80.6 cm³/mol. The van der Waals surface area contributed by atoms with E-state index in [1.807, 2.05) is 0 Å². The molecule has 1 fully saturated rings. The van der Waals surface area contributed by atoms with Crippen molar-refractivity contribution in [3.8, 4) is 0 Å². The Labute approximate surface area is 125 Å². The molecule has 1 aliphatic rings. The summed E-state index contributed by atoms with van der Waals surface area (Å²) in [7, 11) is 0. The summed E-state index contributed by atoms with van der Waals surface area (Å²) in [5.41, 5.74) is 0.0874. The van der Waals surface area contributed by atoms with Crippen LogP contribution < -0.4 is 16.2 Å². The quantitative estimate of drug-likeness (QED) is 0.793. The Balaban J connectivity index is 1.73. The standard InChI is InChI=1S/C15H14N4O3/c20-13(9-3-4-9)19-12-8-10(5-7-16-12)14(21)18-11-2-1-6-17-15(11)22/h1-2,5-9H,3-4H2,(H,17,22)(H,18,21)(H,16,19,20). The summed E-state index contributed by atoms with van der Waals surface area (Å²) in [6.07, 6.45) is 4.70. The molecule has 0 radical (unpaired) electrons. The van der Waals surface area contributed by atoms with Gasteiger partial charge < -0.3 is 15.6 Å². The van der Waals surface area contributed by atoms with E-state index in [0.717, 1.165) is 12.8 Å². The van der Waals surface area contributed by atoms with Gasteiger partial charge in [-0.3, -0.25) is 14.4 Å². The smallest absolute Gasteiger partial charge is 0.271 e. The van der Waals surface area contributed by atoms with Crippen LogP contribution in [0.3, 0.4) is 0 Å². The number of H-pyrrole nitrogens is 1. The van der Waals surface area contributed by atoms with E-state index < -0.39 is 5.91 Å². The fourth-order valence-corrected chi connectivity index (χ4v) is 1.93. The van der Waals surface area contributed by atoms with E-state index in [4.69, 9.17) is 0 Å². The van der Waals surface area contributed by atoms with Gasteiger partial charge in [0.25, 0.3) is 11.5 Å². The first-order valence-electron chi connectivity index (χ1n) is 6.89. The third-order valence-corrected chi connectivity index (χ3v) is 3.29. The molecular weight excluding hydrogens is 284 g/mol. The van der Waals surface area contributed by atoms with E-state index in [1.165, 1.54) is 30.6 Å². The summed E-state index contributed by atoms with van der Waals surface area (Å²) < 4.78 is 0. The Morgan fingerprint density at radius 2 is 2.05 bits per heavy atom. The lowest BCUT2D eigenvalue weighted by molar-refractivity contribution is -0.117. The average molecular weight is 298 g/mol. The van der Waals surface area contributed by atoms with Gasteiger partial charge in [-0.1, -0.05) is 0 Å². The zero-order valence-corrected chi connectivity index (χ0v) is 11.6. The van der Waals surface area contributed by atoms with Crippen molar-refractivity contribution in [3.63, 3.8) is 0 Å². The molecule has 7 nitrogen and oxygen atoms in total. The van der Waals surface area contributed by atoms with Crippen LogP contribution in [0.25, 0.3) is 0 Å². The van der Waals surface area contributed by atoms with Crippen molar-refractivity contribution in [1.29, 1.82) is 0 Å². The molecule has 3 rings (SSSR count). The largest absolute Gasteiger partial charge is 0.327 e. The van der Waals surface area contributed by atoms with Gasteiger partial charge in [0.2, 0.25) is 5.91 Å². The van der Waals surface area contributed by atoms with Crippen LogP contribution in [0.2, 0.25) is 0 Å². The minimum Gasteiger partial charge on any atom is -0.327 e. The first-order chi connectivity index (χ1) is 10.6. The molecule has 3 N–H and O–H groups in total. The number of carbonyl (C=O) groups excluding carboxylic acids is 2. The summed E-state index contributed by atoms with van der Waals surface area (Å²) in [6, 6.07) is 6.12.